The van der Waals surface area contributed by atoms with Crippen molar-refractivity contribution in [3.63, 3.8) is 0 Å². The predicted octanol–water partition coefficient (Wildman–Crippen LogP) is 5.79. The maximum absolute atomic E-state index is 10.8. The second-order valence-electron chi connectivity index (χ2n) is 5.75. The number of allylic oxidation sites excluding steroid dienone is 1. The zero-order valence-electron chi connectivity index (χ0n) is 13.6. The summed E-state index contributed by atoms with van der Waals surface area (Å²) < 4.78 is 2.39. The van der Waals surface area contributed by atoms with Crippen LogP contribution in [0.5, 0.6) is 5.88 Å². The Kier molecular flexibility index (Phi) is 4.11. The van der Waals surface area contributed by atoms with E-state index >= 15 is 0 Å². The summed E-state index contributed by atoms with van der Waals surface area (Å²) in [6, 6.07) is 16.0. The van der Waals surface area contributed by atoms with E-state index in [-0.39, 0.29) is 5.88 Å². The van der Waals surface area contributed by atoms with Crippen LogP contribution < -0.4 is 0 Å². The minimum absolute atomic E-state index is 0.182. The summed E-state index contributed by atoms with van der Waals surface area (Å²) in [7, 11) is 0. The Balaban J connectivity index is 1.84. The molecule has 0 aliphatic carbocycles. The summed E-state index contributed by atoms with van der Waals surface area (Å²) in [5.74, 6) is 0.182. The molecular weight excluding hydrogens is 348 g/mol. The Morgan fingerprint density at radius 1 is 1.16 bits per heavy atom. The molecule has 5 heteroatoms. The van der Waals surface area contributed by atoms with Crippen LogP contribution >= 0.6 is 23.6 Å². The van der Waals surface area contributed by atoms with Gasteiger partial charge < -0.3 is 5.11 Å². The summed E-state index contributed by atoms with van der Waals surface area (Å²) in [5, 5.41) is 10.8. The highest BCUT2D eigenvalue weighted by Crippen LogP contribution is 2.37. The number of rotatable bonds is 3. The first-order valence-electron chi connectivity index (χ1n) is 8.07. The van der Waals surface area contributed by atoms with Crippen molar-refractivity contribution in [2.45, 2.75) is 13.3 Å². The fourth-order valence-corrected chi connectivity index (χ4v) is 4.30. The molecule has 0 saturated heterocycles. The molecule has 0 radical (unpaired) electrons. The molecule has 2 aromatic carbocycles. The number of aromatic nitrogens is 1. The minimum atomic E-state index is 0.182. The highest BCUT2D eigenvalue weighted by molar-refractivity contribution is 7.73. The molecule has 0 amide bonds. The fourth-order valence-electron chi connectivity index (χ4n) is 3.01. The van der Waals surface area contributed by atoms with Crippen molar-refractivity contribution in [1.29, 1.82) is 0 Å². The molecule has 0 bridgehead atoms. The van der Waals surface area contributed by atoms with Crippen LogP contribution in [0.25, 0.3) is 17.3 Å². The van der Waals surface area contributed by atoms with E-state index in [0.29, 0.717) is 3.95 Å². The Morgan fingerprint density at radius 3 is 2.76 bits per heavy atom. The zero-order valence-corrected chi connectivity index (χ0v) is 15.3. The van der Waals surface area contributed by atoms with E-state index in [9.17, 15) is 5.11 Å². The molecule has 0 fully saturated rings. The lowest BCUT2D eigenvalue weighted by atomic mass is 10.1. The van der Waals surface area contributed by atoms with Gasteiger partial charge in [0, 0.05) is 17.4 Å². The summed E-state index contributed by atoms with van der Waals surface area (Å²) >= 11 is 6.93. The smallest absolute Gasteiger partial charge is 0.215 e. The van der Waals surface area contributed by atoms with E-state index in [4.69, 9.17) is 12.2 Å². The topological polar surface area (TPSA) is 37.5 Å². The van der Waals surface area contributed by atoms with Gasteiger partial charge in [-0.2, -0.15) is 0 Å². The average molecular weight is 364 g/mol. The van der Waals surface area contributed by atoms with Gasteiger partial charge in [0.1, 0.15) is 0 Å². The van der Waals surface area contributed by atoms with Crippen LogP contribution in [-0.4, -0.2) is 15.9 Å². The van der Waals surface area contributed by atoms with E-state index in [1.165, 1.54) is 11.3 Å². The molecule has 3 nitrogen and oxygen atoms in total. The monoisotopic (exact) mass is 364 g/mol. The van der Waals surface area contributed by atoms with Gasteiger partial charge in [0.2, 0.25) is 5.88 Å². The molecule has 124 valence electrons. The quantitative estimate of drug-likeness (QED) is 0.597. The van der Waals surface area contributed by atoms with E-state index in [1.54, 1.807) is 4.57 Å². The normalized spacial score (nSPS) is 14.2. The van der Waals surface area contributed by atoms with Crippen LogP contribution in [0.1, 0.15) is 22.9 Å². The van der Waals surface area contributed by atoms with Crippen molar-refractivity contribution in [2.75, 3.05) is 0 Å². The highest BCUT2D eigenvalue weighted by atomic mass is 32.1. The lowest BCUT2D eigenvalue weighted by Gasteiger charge is -2.09. The molecule has 4 rings (SSSR count). The first kappa shape index (κ1) is 16.0. The third-order valence-electron chi connectivity index (χ3n) is 4.27. The lowest BCUT2D eigenvalue weighted by molar-refractivity contribution is 0.441. The SMILES string of the molecule is CCc1ccccc1-n1c(O)c(/C=C2/C=Nc3ccccc32)sc1=S. The van der Waals surface area contributed by atoms with Gasteiger partial charge in [-0.1, -0.05) is 43.3 Å². The molecule has 25 heavy (non-hydrogen) atoms. The summed E-state index contributed by atoms with van der Waals surface area (Å²) in [6.45, 7) is 2.10. The Bertz CT molecular complexity index is 1070. The first-order valence-corrected chi connectivity index (χ1v) is 9.29. The van der Waals surface area contributed by atoms with E-state index in [2.05, 4.69) is 18.0 Å². The van der Waals surface area contributed by atoms with E-state index < -0.39 is 0 Å². The van der Waals surface area contributed by atoms with Crippen LogP contribution in [0, 0.1) is 3.95 Å². The number of hydrogen-bond acceptors (Lipinski definition) is 4. The van der Waals surface area contributed by atoms with Gasteiger partial charge in [-0.15, -0.1) is 11.3 Å². The highest BCUT2D eigenvalue weighted by Gasteiger charge is 2.17. The van der Waals surface area contributed by atoms with Crippen molar-refractivity contribution in [2.24, 2.45) is 4.99 Å². The molecule has 1 N–H and O–H groups in total. The van der Waals surface area contributed by atoms with E-state index in [1.807, 2.05) is 54.8 Å². The molecule has 3 aromatic rings. The van der Waals surface area contributed by atoms with Crippen molar-refractivity contribution in [1.82, 2.24) is 4.57 Å². The van der Waals surface area contributed by atoms with Crippen molar-refractivity contribution < 1.29 is 5.11 Å². The van der Waals surface area contributed by atoms with Crippen LogP contribution in [-0.2, 0) is 6.42 Å². The maximum atomic E-state index is 10.8. The molecule has 2 heterocycles. The lowest BCUT2D eigenvalue weighted by Crippen LogP contribution is -1.98. The number of thiazole rings is 1. The van der Waals surface area contributed by atoms with Crippen molar-refractivity contribution in [3.8, 4) is 11.6 Å². The molecule has 0 atom stereocenters. The maximum Gasteiger partial charge on any atom is 0.215 e. The zero-order chi connectivity index (χ0) is 17.4. The van der Waals surface area contributed by atoms with Gasteiger partial charge in [-0.25, -0.2) is 0 Å². The van der Waals surface area contributed by atoms with Crippen molar-refractivity contribution >= 4 is 47.1 Å². The summed E-state index contributed by atoms with van der Waals surface area (Å²) in [5.41, 5.74) is 5.10. The van der Waals surface area contributed by atoms with Gasteiger partial charge in [-0.3, -0.25) is 9.56 Å². The standard InChI is InChI=1S/C20H16N2OS2/c1-2-13-7-3-6-10-17(13)22-19(23)18(25-20(22)24)11-14-12-21-16-9-5-4-8-15(14)16/h3-12,23H,2H2,1H3/b14-11-. The van der Waals surface area contributed by atoms with Gasteiger partial charge in [-0.05, 0) is 42.4 Å². The third-order valence-corrected chi connectivity index (χ3v) is 5.58. The molecule has 1 aromatic heterocycles. The van der Waals surface area contributed by atoms with Crippen LogP contribution in [0.4, 0.5) is 5.69 Å². The van der Waals surface area contributed by atoms with Gasteiger partial charge in [0.05, 0.1) is 16.3 Å². The Labute approximate surface area is 155 Å². The van der Waals surface area contributed by atoms with Gasteiger partial charge in [0.25, 0.3) is 0 Å². The number of benzene rings is 2. The van der Waals surface area contributed by atoms with Crippen LogP contribution in [0.2, 0.25) is 0 Å². The number of fused-ring (bicyclic) bond motifs is 1. The molecule has 0 saturated carbocycles. The number of aliphatic imine (C=N–C) groups is 1. The fraction of sp³-hybridized carbons (Fsp3) is 0.100. The van der Waals surface area contributed by atoms with Crippen molar-refractivity contribution in [3.05, 3.63) is 68.5 Å². The predicted molar refractivity (Wildman–Crippen MR) is 108 cm³/mol. The number of para-hydroxylation sites is 2. The van der Waals surface area contributed by atoms with Crippen LogP contribution in [0.15, 0.2) is 53.5 Å². The second kappa shape index (κ2) is 6.43. The van der Waals surface area contributed by atoms with Crippen LogP contribution in [0.3, 0.4) is 0 Å². The van der Waals surface area contributed by atoms with E-state index in [0.717, 1.165) is 39.4 Å². The van der Waals surface area contributed by atoms with Gasteiger partial charge >= 0.3 is 0 Å². The Morgan fingerprint density at radius 2 is 1.92 bits per heavy atom. The average Bonchev–Trinajstić information content (AvgIpc) is 3.16. The molecule has 1 aliphatic rings. The number of nitrogens with zero attached hydrogens (tertiary/aromatic N) is 2. The molecular formula is C20H16N2OS2. The third kappa shape index (κ3) is 2.75. The first-order chi connectivity index (χ1) is 12.2. The molecule has 0 unspecified atom stereocenters. The number of aryl methyl sites for hydroxylation is 1. The summed E-state index contributed by atoms with van der Waals surface area (Å²) in [4.78, 5) is 5.16. The number of aromatic hydroxyl groups is 1. The molecule has 1 aliphatic heterocycles. The second-order valence-corrected chi connectivity index (χ2v) is 7.42. The largest absolute Gasteiger partial charge is 0.493 e. The number of hydrogen-bond donors (Lipinski definition) is 1. The minimum Gasteiger partial charge on any atom is -0.493 e. The Hall–Kier alpha value is -2.50. The molecule has 0 spiro atoms. The summed E-state index contributed by atoms with van der Waals surface area (Å²) in [6.07, 6.45) is 4.66. The van der Waals surface area contributed by atoms with Gasteiger partial charge in [0.15, 0.2) is 3.95 Å².